The van der Waals surface area contributed by atoms with Gasteiger partial charge in [-0.2, -0.15) is 0 Å². The third kappa shape index (κ3) is 2.30. The van der Waals surface area contributed by atoms with Crippen molar-refractivity contribution in [3.63, 3.8) is 0 Å². The molecule has 2 N–H and O–H groups in total. The first kappa shape index (κ1) is 10.5. The maximum Gasteiger partial charge on any atom is 0.0593 e. The Hall–Kier alpha value is -1.06. The molecule has 0 amide bonds. The zero-order chi connectivity index (χ0) is 10.7. The fourth-order valence-corrected chi connectivity index (χ4v) is 2.01. The van der Waals surface area contributed by atoms with Gasteiger partial charge >= 0.3 is 0 Å². The molecular weight excluding hydrogens is 188 g/mol. The van der Waals surface area contributed by atoms with Gasteiger partial charge < -0.3 is 10.5 Å². The molecule has 0 unspecified atom stereocenters. The average molecular weight is 206 g/mol. The third-order valence-corrected chi connectivity index (χ3v) is 2.84. The van der Waals surface area contributed by atoms with Crippen molar-refractivity contribution >= 4 is 5.69 Å². The van der Waals surface area contributed by atoms with Crippen molar-refractivity contribution in [1.29, 1.82) is 0 Å². The van der Waals surface area contributed by atoms with Gasteiger partial charge in [-0.15, -0.1) is 0 Å². The highest BCUT2D eigenvalue weighted by Gasteiger charge is 2.19. The molecule has 0 atom stereocenters. The predicted molar refractivity (Wildman–Crippen MR) is 61.5 cm³/mol. The lowest BCUT2D eigenvalue weighted by Crippen LogP contribution is -2.21. The molecule has 0 aliphatic carbocycles. The van der Waals surface area contributed by atoms with Crippen LogP contribution in [0, 0.1) is 0 Å². The molecule has 0 saturated heterocycles. The second-order valence-corrected chi connectivity index (χ2v) is 3.89. The fraction of sp³-hybridized carbons (Fsp3) is 0.500. The topological polar surface area (TPSA) is 38.5 Å². The van der Waals surface area contributed by atoms with Crippen molar-refractivity contribution in [2.24, 2.45) is 0 Å². The zero-order valence-corrected chi connectivity index (χ0v) is 9.20. The average Bonchev–Trinajstić information content (AvgIpc) is 2.63. The molecule has 1 aromatic carbocycles. The van der Waals surface area contributed by atoms with Gasteiger partial charge in [0.25, 0.3) is 0 Å². The molecule has 1 aromatic rings. The minimum Gasteiger partial charge on any atom is -0.398 e. The molecule has 1 heterocycles. The summed E-state index contributed by atoms with van der Waals surface area (Å²) in [5.41, 5.74) is 9.52. The first-order valence-electron chi connectivity index (χ1n) is 5.47. The van der Waals surface area contributed by atoms with Gasteiger partial charge in [0.05, 0.1) is 6.61 Å². The Morgan fingerprint density at radius 3 is 3.00 bits per heavy atom. The second-order valence-electron chi connectivity index (χ2n) is 3.89. The van der Waals surface area contributed by atoms with Gasteiger partial charge in [-0.05, 0) is 24.1 Å². The number of nitrogen functional groups attached to an aromatic ring is 1. The highest BCUT2D eigenvalue weighted by Crippen LogP contribution is 2.26. The van der Waals surface area contributed by atoms with E-state index >= 15 is 0 Å². The first-order valence-corrected chi connectivity index (χ1v) is 5.47. The van der Waals surface area contributed by atoms with Gasteiger partial charge in [0, 0.05) is 31.9 Å². The maximum absolute atomic E-state index is 5.93. The van der Waals surface area contributed by atoms with Crippen molar-refractivity contribution in [2.45, 2.75) is 20.0 Å². The molecule has 0 radical (unpaired) electrons. The monoisotopic (exact) mass is 206 g/mol. The van der Waals surface area contributed by atoms with E-state index in [9.17, 15) is 0 Å². The van der Waals surface area contributed by atoms with Crippen molar-refractivity contribution in [1.82, 2.24) is 4.90 Å². The molecule has 0 aromatic heterocycles. The van der Waals surface area contributed by atoms with E-state index < -0.39 is 0 Å². The lowest BCUT2D eigenvalue weighted by atomic mass is 10.1. The second kappa shape index (κ2) is 4.64. The minimum atomic E-state index is 0.795. The van der Waals surface area contributed by atoms with E-state index in [1.807, 2.05) is 19.1 Å². The molecule has 0 fully saturated rings. The number of hydrogen-bond acceptors (Lipinski definition) is 3. The predicted octanol–water partition coefficient (Wildman–Crippen LogP) is 1.62. The highest BCUT2D eigenvalue weighted by atomic mass is 16.5. The molecule has 2 rings (SSSR count). The summed E-state index contributed by atoms with van der Waals surface area (Å²) in [6, 6.07) is 6.16. The van der Waals surface area contributed by atoms with Crippen LogP contribution in [0.4, 0.5) is 5.69 Å². The quantitative estimate of drug-likeness (QED) is 0.601. The van der Waals surface area contributed by atoms with Gasteiger partial charge in [-0.25, -0.2) is 0 Å². The van der Waals surface area contributed by atoms with Gasteiger partial charge in [-0.1, -0.05) is 12.1 Å². The number of nitrogens with two attached hydrogens (primary N) is 1. The van der Waals surface area contributed by atoms with Crippen LogP contribution in [0.1, 0.15) is 18.1 Å². The number of rotatable bonds is 4. The number of anilines is 1. The van der Waals surface area contributed by atoms with Crippen LogP contribution in [0.3, 0.4) is 0 Å². The van der Waals surface area contributed by atoms with E-state index in [1.54, 1.807) is 0 Å². The molecule has 0 saturated carbocycles. The van der Waals surface area contributed by atoms with Crippen LogP contribution in [0.5, 0.6) is 0 Å². The maximum atomic E-state index is 5.93. The molecule has 1 aliphatic rings. The van der Waals surface area contributed by atoms with Crippen LogP contribution < -0.4 is 5.73 Å². The van der Waals surface area contributed by atoms with Crippen molar-refractivity contribution in [3.8, 4) is 0 Å². The van der Waals surface area contributed by atoms with Crippen LogP contribution in [0.25, 0.3) is 0 Å². The molecule has 3 heteroatoms. The molecule has 1 aliphatic heterocycles. The number of hydrogen-bond donors (Lipinski definition) is 1. The Bertz CT molecular complexity index is 338. The lowest BCUT2D eigenvalue weighted by Gasteiger charge is -2.14. The standard InChI is InChI=1S/C12H18N2O/c1-2-15-7-6-14-8-10-4-3-5-12(13)11(10)9-14/h3-5H,2,6-9,13H2,1H3. The first-order chi connectivity index (χ1) is 7.31. The Kier molecular flexibility index (Phi) is 3.23. The Morgan fingerprint density at radius 1 is 1.40 bits per heavy atom. The van der Waals surface area contributed by atoms with E-state index in [2.05, 4.69) is 11.0 Å². The van der Waals surface area contributed by atoms with E-state index in [1.165, 1.54) is 11.1 Å². The fourth-order valence-electron chi connectivity index (χ4n) is 2.01. The van der Waals surface area contributed by atoms with E-state index in [4.69, 9.17) is 10.5 Å². The molecule has 15 heavy (non-hydrogen) atoms. The van der Waals surface area contributed by atoms with Crippen molar-refractivity contribution < 1.29 is 4.74 Å². The smallest absolute Gasteiger partial charge is 0.0593 e. The van der Waals surface area contributed by atoms with E-state index in [0.717, 1.165) is 38.5 Å². The number of nitrogens with zero attached hydrogens (tertiary/aromatic N) is 1. The highest BCUT2D eigenvalue weighted by molar-refractivity contribution is 5.52. The summed E-state index contributed by atoms with van der Waals surface area (Å²) in [4.78, 5) is 2.37. The number of fused-ring (bicyclic) bond motifs is 1. The van der Waals surface area contributed by atoms with Gasteiger partial charge in [-0.3, -0.25) is 4.90 Å². The lowest BCUT2D eigenvalue weighted by molar-refractivity contribution is 0.113. The largest absolute Gasteiger partial charge is 0.398 e. The van der Waals surface area contributed by atoms with Crippen LogP contribution >= 0.6 is 0 Å². The van der Waals surface area contributed by atoms with Crippen molar-refractivity contribution in [2.75, 3.05) is 25.5 Å². The van der Waals surface area contributed by atoms with Crippen LogP contribution in [-0.2, 0) is 17.8 Å². The summed E-state index contributed by atoms with van der Waals surface area (Å²) in [6.07, 6.45) is 0. The van der Waals surface area contributed by atoms with Gasteiger partial charge in [0.15, 0.2) is 0 Å². The van der Waals surface area contributed by atoms with E-state index in [-0.39, 0.29) is 0 Å². The van der Waals surface area contributed by atoms with Crippen molar-refractivity contribution in [3.05, 3.63) is 29.3 Å². The molecule has 0 spiro atoms. The molecule has 3 nitrogen and oxygen atoms in total. The normalized spacial score (nSPS) is 15.5. The van der Waals surface area contributed by atoms with E-state index in [0.29, 0.717) is 0 Å². The number of ether oxygens (including phenoxy) is 1. The molecule has 82 valence electrons. The van der Waals surface area contributed by atoms with Crippen LogP contribution in [0.15, 0.2) is 18.2 Å². The van der Waals surface area contributed by atoms with Gasteiger partial charge in [0.2, 0.25) is 0 Å². The van der Waals surface area contributed by atoms with Crippen LogP contribution in [-0.4, -0.2) is 24.7 Å². The summed E-state index contributed by atoms with van der Waals surface area (Å²) in [5.74, 6) is 0. The summed E-state index contributed by atoms with van der Waals surface area (Å²) < 4.78 is 5.35. The summed E-state index contributed by atoms with van der Waals surface area (Å²) in [6.45, 7) is 6.59. The SMILES string of the molecule is CCOCCN1Cc2cccc(N)c2C1. The Balaban J connectivity index is 1.94. The number of benzene rings is 1. The third-order valence-electron chi connectivity index (χ3n) is 2.84. The summed E-state index contributed by atoms with van der Waals surface area (Å²) in [5, 5.41) is 0. The summed E-state index contributed by atoms with van der Waals surface area (Å²) >= 11 is 0. The zero-order valence-electron chi connectivity index (χ0n) is 9.20. The molecule has 0 bridgehead atoms. The van der Waals surface area contributed by atoms with Crippen LogP contribution in [0.2, 0.25) is 0 Å². The summed E-state index contributed by atoms with van der Waals surface area (Å²) in [7, 11) is 0. The van der Waals surface area contributed by atoms with Gasteiger partial charge in [0.1, 0.15) is 0 Å². The Labute approximate surface area is 90.8 Å². The minimum absolute atomic E-state index is 0.795. The molecular formula is C12H18N2O. The Morgan fingerprint density at radius 2 is 2.27 bits per heavy atom.